The van der Waals surface area contributed by atoms with Crippen LogP contribution in [0.5, 0.6) is 0 Å². The fourth-order valence-electron chi connectivity index (χ4n) is 2.27. The summed E-state index contributed by atoms with van der Waals surface area (Å²) >= 11 is 0. The van der Waals surface area contributed by atoms with Crippen molar-refractivity contribution in [3.8, 4) is 0 Å². The van der Waals surface area contributed by atoms with Gasteiger partial charge in [0.1, 0.15) is 0 Å². The molecule has 1 aromatic carbocycles. The van der Waals surface area contributed by atoms with Gasteiger partial charge in [-0.2, -0.15) is 4.31 Å². The van der Waals surface area contributed by atoms with E-state index in [1.165, 1.54) is 14.1 Å². The largest absolute Gasteiger partial charge is 0.358 e. The fourth-order valence-corrected chi connectivity index (χ4v) is 3.69. The monoisotopic (exact) mass is 297 g/mol. The molecule has 0 saturated heterocycles. The van der Waals surface area contributed by atoms with Crippen molar-refractivity contribution in [3.05, 3.63) is 29.3 Å². The van der Waals surface area contributed by atoms with Gasteiger partial charge in [-0.3, -0.25) is 4.79 Å². The van der Waals surface area contributed by atoms with E-state index in [0.29, 0.717) is 17.9 Å². The first-order chi connectivity index (χ1) is 9.46. The number of nitrogens with one attached hydrogen (secondary N) is 2. The number of carbonyl (C=O) groups is 1. The van der Waals surface area contributed by atoms with Crippen molar-refractivity contribution in [2.24, 2.45) is 0 Å². The molecule has 6 nitrogen and oxygen atoms in total. The van der Waals surface area contributed by atoms with Crippen molar-refractivity contribution in [1.29, 1.82) is 0 Å². The molecule has 1 aliphatic heterocycles. The summed E-state index contributed by atoms with van der Waals surface area (Å²) in [5.74, 6) is -0.331. The average Bonchev–Trinajstić information content (AvgIpc) is 2.46. The van der Waals surface area contributed by atoms with Gasteiger partial charge in [-0.05, 0) is 30.2 Å². The molecule has 1 aromatic rings. The number of nitrogens with zero attached hydrogens (tertiary/aromatic N) is 1. The van der Waals surface area contributed by atoms with Gasteiger partial charge in [0.25, 0.3) is 0 Å². The van der Waals surface area contributed by atoms with E-state index in [4.69, 9.17) is 0 Å². The first-order valence-corrected chi connectivity index (χ1v) is 7.89. The van der Waals surface area contributed by atoms with Crippen molar-refractivity contribution in [2.75, 3.05) is 27.2 Å². The second-order valence-corrected chi connectivity index (χ2v) is 6.77. The molecule has 0 atom stereocenters. The summed E-state index contributed by atoms with van der Waals surface area (Å²) < 4.78 is 26.2. The predicted octanol–water partition coefficient (Wildman–Crippen LogP) is -0.301. The van der Waals surface area contributed by atoms with E-state index in [2.05, 4.69) is 10.6 Å². The maximum atomic E-state index is 12.6. The number of fused-ring (bicyclic) bond motifs is 1. The fraction of sp³-hybridized carbons (Fsp3) is 0.462. The molecule has 7 heteroatoms. The second kappa shape index (κ2) is 5.90. The van der Waals surface area contributed by atoms with Gasteiger partial charge in [-0.25, -0.2) is 8.42 Å². The molecule has 0 bridgehead atoms. The highest BCUT2D eigenvalue weighted by atomic mass is 32.2. The van der Waals surface area contributed by atoms with E-state index in [9.17, 15) is 13.2 Å². The Balaban J connectivity index is 2.37. The van der Waals surface area contributed by atoms with Crippen molar-refractivity contribution in [1.82, 2.24) is 14.9 Å². The first kappa shape index (κ1) is 15.0. The number of benzene rings is 1. The van der Waals surface area contributed by atoms with Crippen LogP contribution < -0.4 is 10.6 Å². The quantitative estimate of drug-likeness (QED) is 0.800. The Morgan fingerprint density at radius 1 is 1.45 bits per heavy atom. The average molecular weight is 297 g/mol. The van der Waals surface area contributed by atoms with Crippen LogP contribution in [-0.4, -0.2) is 45.8 Å². The van der Waals surface area contributed by atoms with Crippen LogP contribution in [0.4, 0.5) is 0 Å². The van der Waals surface area contributed by atoms with Gasteiger partial charge >= 0.3 is 0 Å². The summed E-state index contributed by atoms with van der Waals surface area (Å²) in [5, 5.41) is 5.64. The zero-order valence-corrected chi connectivity index (χ0v) is 12.5. The van der Waals surface area contributed by atoms with Gasteiger partial charge in [0.15, 0.2) is 0 Å². The number of hydrogen-bond acceptors (Lipinski definition) is 4. The predicted molar refractivity (Wildman–Crippen MR) is 75.7 cm³/mol. The Labute approximate surface area is 119 Å². The van der Waals surface area contributed by atoms with E-state index in [-0.39, 0.29) is 12.5 Å². The first-order valence-electron chi connectivity index (χ1n) is 6.45. The lowest BCUT2D eigenvalue weighted by Gasteiger charge is -2.23. The molecule has 1 aliphatic rings. The van der Waals surface area contributed by atoms with Gasteiger partial charge in [0.05, 0.1) is 11.4 Å². The third-order valence-corrected chi connectivity index (χ3v) is 5.32. The lowest BCUT2D eigenvalue weighted by Crippen LogP contribution is -2.37. The minimum Gasteiger partial charge on any atom is -0.358 e. The molecular formula is C13H19N3O3S. The zero-order valence-electron chi connectivity index (χ0n) is 11.6. The summed E-state index contributed by atoms with van der Waals surface area (Å²) in [6.07, 6.45) is 0.679. The molecule has 110 valence electrons. The summed E-state index contributed by atoms with van der Waals surface area (Å²) in [5.41, 5.74) is 1.86. The summed E-state index contributed by atoms with van der Waals surface area (Å²) in [6, 6.07) is 5.28. The molecule has 0 aliphatic carbocycles. The SMILES string of the molecule is CNC(=O)CN(C)S(=O)(=O)c1cccc2c1CCNC2. The summed E-state index contributed by atoms with van der Waals surface area (Å²) in [6.45, 7) is 1.26. The molecule has 0 fully saturated rings. The number of carbonyl (C=O) groups excluding carboxylic acids is 1. The number of hydrogen-bond donors (Lipinski definition) is 2. The summed E-state index contributed by atoms with van der Waals surface area (Å²) in [7, 11) is -0.734. The van der Waals surface area contributed by atoms with Gasteiger partial charge in [-0.15, -0.1) is 0 Å². The smallest absolute Gasteiger partial charge is 0.243 e. The van der Waals surface area contributed by atoms with Crippen molar-refractivity contribution in [2.45, 2.75) is 17.9 Å². The maximum absolute atomic E-state index is 12.6. The Bertz CT molecular complexity index is 613. The van der Waals surface area contributed by atoms with Crippen molar-refractivity contribution < 1.29 is 13.2 Å². The number of likely N-dealkylation sites (N-methyl/N-ethyl adjacent to an activating group) is 2. The lowest BCUT2D eigenvalue weighted by molar-refractivity contribution is -0.120. The number of rotatable bonds is 4. The Kier molecular flexibility index (Phi) is 4.42. The molecule has 0 aromatic heterocycles. The van der Waals surface area contributed by atoms with Crippen LogP contribution in [0.15, 0.2) is 23.1 Å². The highest BCUT2D eigenvalue weighted by Gasteiger charge is 2.27. The highest BCUT2D eigenvalue weighted by molar-refractivity contribution is 7.89. The lowest BCUT2D eigenvalue weighted by atomic mass is 10.0. The number of amides is 1. The van der Waals surface area contributed by atoms with Crippen molar-refractivity contribution in [3.63, 3.8) is 0 Å². The minimum atomic E-state index is -3.64. The second-order valence-electron chi connectivity index (χ2n) is 4.75. The van der Waals surface area contributed by atoms with Gasteiger partial charge in [0.2, 0.25) is 15.9 Å². The third kappa shape index (κ3) is 2.84. The van der Waals surface area contributed by atoms with E-state index >= 15 is 0 Å². The highest BCUT2D eigenvalue weighted by Crippen LogP contribution is 2.24. The van der Waals surface area contributed by atoms with Crippen LogP contribution in [0, 0.1) is 0 Å². The Morgan fingerprint density at radius 3 is 2.90 bits per heavy atom. The van der Waals surface area contributed by atoms with Crippen LogP contribution in [-0.2, 0) is 27.8 Å². The topological polar surface area (TPSA) is 78.5 Å². The maximum Gasteiger partial charge on any atom is 0.243 e. The normalized spacial score (nSPS) is 14.9. The summed E-state index contributed by atoms with van der Waals surface area (Å²) in [4.78, 5) is 11.7. The van der Waals surface area contributed by atoms with E-state index in [1.54, 1.807) is 12.1 Å². The molecule has 0 spiro atoms. The molecule has 0 radical (unpaired) electrons. The Hall–Kier alpha value is -1.44. The van der Waals surface area contributed by atoms with E-state index in [0.717, 1.165) is 22.0 Å². The van der Waals surface area contributed by atoms with Crippen molar-refractivity contribution >= 4 is 15.9 Å². The molecule has 0 unspecified atom stereocenters. The van der Waals surface area contributed by atoms with Crippen LogP contribution in [0.2, 0.25) is 0 Å². The van der Waals surface area contributed by atoms with Gasteiger partial charge in [-0.1, -0.05) is 12.1 Å². The number of sulfonamides is 1. The van der Waals surface area contributed by atoms with Crippen LogP contribution in [0.3, 0.4) is 0 Å². The van der Waals surface area contributed by atoms with Gasteiger partial charge < -0.3 is 10.6 Å². The third-order valence-electron chi connectivity index (χ3n) is 3.43. The molecule has 2 rings (SSSR count). The zero-order chi connectivity index (χ0) is 14.8. The van der Waals surface area contributed by atoms with Crippen LogP contribution in [0.1, 0.15) is 11.1 Å². The molecule has 20 heavy (non-hydrogen) atoms. The molecule has 1 heterocycles. The molecular weight excluding hydrogens is 278 g/mol. The van der Waals surface area contributed by atoms with Crippen LogP contribution in [0.25, 0.3) is 0 Å². The van der Waals surface area contributed by atoms with Gasteiger partial charge in [0, 0.05) is 20.6 Å². The molecule has 2 N–H and O–H groups in total. The Morgan fingerprint density at radius 2 is 2.20 bits per heavy atom. The molecule has 0 saturated carbocycles. The van der Waals surface area contributed by atoms with E-state index in [1.807, 2.05) is 6.07 Å². The standard InChI is InChI=1S/C13H19N3O3S/c1-14-13(17)9-16(2)20(18,19)12-5-3-4-10-8-15-7-6-11(10)12/h3-5,15H,6-9H2,1-2H3,(H,14,17). The van der Waals surface area contributed by atoms with Crippen LogP contribution >= 0.6 is 0 Å². The minimum absolute atomic E-state index is 0.180. The molecule has 1 amide bonds. The van der Waals surface area contributed by atoms with E-state index < -0.39 is 10.0 Å².